The van der Waals surface area contributed by atoms with E-state index in [-0.39, 0.29) is 53.4 Å². The summed E-state index contributed by atoms with van der Waals surface area (Å²) in [6, 6.07) is 1.79. The van der Waals surface area contributed by atoms with Crippen molar-refractivity contribution in [2.24, 2.45) is 0 Å². The molecular formula is C48H72N6O11. The van der Waals surface area contributed by atoms with Gasteiger partial charge in [-0.15, -0.1) is 0 Å². The van der Waals surface area contributed by atoms with Gasteiger partial charge in [0, 0.05) is 38.1 Å². The summed E-state index contributed by atoms with van der Waals surface area (Å²) < 4.78 is 0. The van der Waals surface area contributed by atoms with Crippen molar-refractivity contribution in [1.29, 1.82) is 0 Å². The zero-order valence-electron chi connectivity index (χ0n) is 38.8. The average molecular weight is 909 g/mol. The highest BCUT2D eigenvalue weighted by molar-refractivity contribution is 5.96. The highest BCUT2D eigenvalue weighted by Crippen LogP contribution is 2.38. The van der Waals surface area contributed by atoms with Gasteiger partial charge in [0.05, 0.1) is 13.2 Å². The van der Waals surface area contributed by atoms with E-state index in [1.165, 1.54) is 120 Å². The Labute approximate surface area is 383 Å². The van der Waals surface area contributed by atoms with Gasteiger partial charge in [-0.2, -0.15) is 0 Å². The Hall–Kier alpha value is -5.71. The lowest BCUT2D eigenvalue weighted by Gasteiger charge is -2.31. The number of nitrogens with zero attached hydrogens (tertiary/aromatic N) is 2. The highest BCUT2D eigenvalue weighted by Gasteiger charge is 2.35. The molecule has 8 N–H and O–H groups in total. The second-order valence-corrected chi connectivity index (χ2v) is 17.1. The van der Waals surface area contributed by atoms with Gasteiger partial charge in [-0.3, -0.25) is 28.8 Å². The van der Waals surface area contributed by atoms with Crippen LogP contribution in [0.3, 0.4) is 0 Å². The summed E-state index contributed by atoms with van der Waals surface area (Å²) >= 11 is 0. The molecule has 4 bridgehead atoms. The molecule has 0 fully saturated rings. The quantitative estimate of drug-likeness (QED) is 0.0640. The monoisotopic (exact) mass is 909 g/mol. The molecule has 0 saturated carbocycles. The van der Waals surface area contributed by atoms with Crippen LogP contribution in [0.2, 0.25) is 0 Å². The number of aliphatic carboxylic acids is 1. The molecule has 17 heteroatoms. The number of aliphatic hydroxyl groups is 1. The van der Waals surface area contributed by atoms with E-state index in [1.807, 2.05) is 0 Å². The number of aromatic hydroxyl groups is 2. The molecule has 5 atom stereocenters. The summed E-state index contributed by atoms with van der Waals surface area (Å²) in [5.74, 6) is -6.11. The maximum atomic E-state index is 14.1. The summed E-state index contributed by atoms with van der Waals surface area (Å²) in [4.78, 5) is 95.1. The largest absolute Gasteiger partial charge is 0.507 e. The number of phenolic OH excluding ortho intramolecular Hbond substituents is 2. The van der Waals surface area contributed by atoms with Crippen molar-refractivity contribution in [2.45, 2.75) is 160 Å². The van der Waals surface area contributed by atoms with Crippen LogP contribution < -0.4 is 21.3 Å². The molecule has 5 unspecified atom stereocenters. The van der Waals surface area contributed by atoms with Crippen LogP contribution in [0.15, 0.2) is 36.4 Å². The molecule has 1 aliphatic rings. The third kappa shape index (κ3) is 16.7. The number of rotatable bonds is 25. The van der Waals surface area contributed by atoms with Crippen molar-refractivity contribution >= 4 is 41.4 Å². The second-order valence-electron chi connectivity index (χ2n) is 17.1. The minimum atomic E-state index is -1.47. The van der Waals surface area contributed by atoms with Crippen LogP contribution >= 0.6 is 0 Å². The fourth-order valence-electron chi connectivity index (χ4n) is 7.92. The number of amides is 6. The van der Waals surface area contributed by atoms with E-state index in [2.05, 4.69) is 28.2 Å². The van der Waals surface area contributed by atoms with Crippen molar-refractivity contribution in [2.75, 3.05) is 27.2 Å². The van der Waals surface area contributed by atoms with Gasteiger partial charge < -0.3 is 51.5 Å². The number of likely N-dealkylation sites (N-methyl/N-ethyl adjacent to an activating group) is 2. The summed E-state index contributed by atoms with van der Waals surface area (Å²) in [5.41, 5.74) is 0.760. The number of nitrogens with one attached hydrogen (secondary N) is 4. The molecular weight excluding hydrogens is 837 g/mol. The van der Waals surface area contributed by atoms with Crippen molar-refractivity contribution < 1.29 is 54.0 Å². The van der Waals surface area contributed by atoms with E-state index in [0.29, 0.717) is 18.4 Å². The third-order valence-electron chi connectivity index (χ3n) is 12.0. The van der Waals surface area contributed by atoms with Crippen LogP contribution in [0, 0.1) is 0 Å². The molecule has 65 heavy (non-hydrogen) atoms. The van der Waals surface area contributed by atoms with Gasteiger partial charge in [0.25, 0.3) is 0 Å². The minimum absolute atomic E-state index is 0.0737. The topological polar surface area (TPSA) is 255 Å². The molecule has 1 heterocycles. The molecule has 3 rings (SSSR count). The number of carboxylic acid groups (broad SMARTS) is 1. The molecule has 0 spiro atoms. The van der Waals surface area contributed by atoms with Crippen molar-refractivity contribution in [3.63, 3.8) is 0 Å². The molecule has 6 amide bonds. The molecule has 360 valence electrons. The minimum Gasteiger partial charge on any atom is -0.507 e. The van der Waals surface area contributed by atoms with Crippen molar-refractivity contribution in [1.82, 2.24) is 31.1 Å². The molecule has 0 aromatic heterocycles. The number of aliphatic hydroxyl groups excluding tert-OH is 1. The predicted octanol–water partition coefficient (Wildman–Crippen LogP) is 4.60. The predicted molar refractivity (Wildman–Crippen MR) is 245 cm³/mol. The van der Waals surface area contributed by atoms with Crippen LogP contribution in [0.5, 0.6) is 11.5 Å². The Kier molecular flexibility index (Phi) is 22.8. The standard InChI is InChI=1S/C48H72N6O11/c1-6-8-9-10-11-12-13-14-15-16-17-18-19-21-41(58)53(4)38(30-55)46(62)50-31(3)44(60)49-29-42(59)54(5)43-33-23-25-40(57)35(28-33)34-26-32(22-24-39(34)56)27-37(48(64)65)52-45(61)36(20-7-2)51-47(43)63/h22-26,28,31,36-38,43,55-57H,6-21,27,29-30H2,1-5H3,(H,49,60)(H,50,62)(H,51,63)(H,52,61)(H,64,65). The SMILES string of the molecule is CCCCCCCCCCCCCCCC(=O)N(C)C(CO)C(=O)NC(C)C(=O)NCC(=O)N(C)C1C(=O)NC(CCC)C(=O)NC(C(=O)O)Cc2ccc(O)c(c2)-c2cc1ccc2O. The third-order valence-corrected chi connectivity index (χ3v) is 12.0. The van der Waals surface area contributed by atoms with Gasteiger partial charge in [0.1, 0.15) is 41.7 Å². The van der Waals surface area contributed by atoms with Gasteiger partial charge in [-0.25, -0.2) is 4.79 Å². The number of benzene rings is 2. The Bertz CT molecular complexity index is 1930. The first-order valence-corrected chi connectivity index (χ1v) is 23.2. The summed E-state index contributed by atoms with van der Waals surface area (Å²) in [7, 11) is 2.72. The normalized spacial score (nSPS) is 17.1. The number of hydrogen-bond donors (Lipinski definition) is 8. The maximum Gasteiger partial charge on any atom is 0.326 e. The lowest BCUT2D eigenvalue weighted by molar-refractivity contribution is -0.143. The summed E-state index contributed by atoms with van der Waals surface area (Å²) in [5, 5.41) is 51.8. The first-order valence-electron chi connectivity index (χ1n) is 23.2. The maximum absolute atomic E-state index is 14.1. The number of unbranched alkanes of at least 4 members (excludes halogenated alkanes) is 12. The molecule has 0 saturated heterocycles. The van der Waals surface area contributed by atoms with E-state index in [1.54, 1.807) is 6.92 Å². The Balaban J connectivity index is 1.64. The lowest BCUT2D eigenvalue weighted by Crippen LogP contribution is -2.55. The van der Waals surface area contributed by atoms with Crippen LogP contribution in [0.1, 0.15) is 141 Å². The van der Waals surface area contributed by atoms with E-state index < -0.39 is 78.9 Å². The van der Waals surface area contributed by atoms with Gasteiger partial charge in [0.15, 0.2) is 0 Å². The number of phenols is 2. The molecule has 0 radical (unpaired) electrons. The fraction of sp³-hybridized carbons (Fsp3) is 0.604. The Morgan fingerprint density at radius 1 is 0.738 bits per heavy atom. The summed E-state index contributed by atoms with van der Waals surface area (Å²) in [6.45, 7) is 4.03. The smallest absolute Gasteiger partial charge is 0.326 e. The Morgan fingerprint density at radius 3 is 1.88 bits per heavy atom. The summed E-state index contributed by atoms with van der Waals surface area (Å²) in [6.07, 6.45) is 15.7. The number of fused-ring (bicyclic) bond motifs is 5. The van der Waals surface area contributed by atoms with Crippen LogP contribution in [-0.2, 0) is 40.0 Å². The van der Waals surface area contributed by atoms with Crippen molar-refractivity contribution in [3.8, 4) is 22.6 Å². The van der Waals surface area contributed by atoms with Crippen LogP contribution in [0.4, 0.5) is 0 Å². The number of carboxylic acids is 1. The molecule has 1 aliphatic heterocycles. The van der Waals surface area contributed by atoms with Crippen LogP contribution in [0.25, 0.3) is 11.1 Å². The zero-order valence-corrected chi connectivity index (χ0v) is 38.8. The fourth-order valence-corrected chi connectivity index (χ4v) is 7.92. The van der Waals surface area contributed by atoms with Gasteiger partial charge in [-0.1, -0.05) is 109 Å². The first kappa shape index (κ1) is 53.6. The lowest BCUT2D eigenvalue weighted by atomic mass is 9.93. The van der Waals surface area contributed by atoms with E-state index >= 15 is 0 Å². The van der Waals surface area contributed by atoms with E-state index in [0.717, 1.165) is 24.2 Å². The van der Waals surface area contributed by atoms with E-state index in [9.17, 15) is 54.0 Å². The van der Waals surface area contributed by atoms with E-state index in [4.69, 9.17) is 0 Å². The highest BCUT2D eigenvalue weighted by atomic mass is 16.4. The average Bonchev–Trinajstić information content (AvgIpc) is 3.27. The molecule has 2 aromatic carbocycles. The molecule has 0 aliphatic carbocycles. The number of carbonyl (C=O) groups excluding carboxylic acids is 6. The molecule has 2 aromatic rings. The van der Waals surface area contributed by atoms with Crippen LogP contribution in [-0.4, -0.2) is 123 Å². The molecule has 17 nitrogen and oxygen atoms in total. The van der Waals surface area contributed by atoms with Gasteiger partial charge in [-0.05, 0) is 55.2 Å². The van der Waals surface area contributed by atoms with Crippen molar-refractivity contribution in [3.05, 3.63) is 47.5 Å². The second kappa shape index (κ2) is 27.6. The number of hydrogen-bond acceptors (Lipinski definition) is 10. The number of carbonyl (C=O) groups is 7. The Morgan fingerprint density at radius 2 is 1.31 bits per heavy atom. The zero-order chi connectivity index (χ0) is 48.1. The first-order chi connectivity index (χ1) is 31.0. The van der Waals surface area contributed by atoms with Gasteiger partial charge >= 0.3 is 5.97 Å². The van der Waals surface area contributed by atoms with Gasteiger partial charge in [0.2, 0.25) is 35.4 Å².